The summed E-state index contributed by atoms with van der Waals surface area (Å²) in [5.41, 5.74) is 7.42. The lowest BCUT2D eigenvalue weighted by molar-refractivity contribution is 0.432. The van der Waals surface area contributed by atoms with E-state index in [0.717, 1.165) is 5.69 Å². The number of halogens is 2. The molecule has 2 N–H and O–H groups in total. The zero-order valence-electron chi connectivity index (χ0n) is 10.9. The zero-order valence-corrected chi connectivity index (χ0v) is 12.5. The van der Waals surface area contributed by atoms with E-state index in [-0.39, 0.29) is 5.92 Å². The van der Waals surface area contributed by atoms with Gasteiger partial charge in [0.2, 0.25) is 5.88 Å². The molecule has 0 radical (unpaired) electrons. The number of nitrogens with zero attached hydrogens (tertiary/aromatic N) is 2. The van der Waals surface area contributed by atoms with E-state index in [1.807, 2.05) is 13.8 Å². The molecule has 0 aliphatic carbocycles. The smallest absolute Gasteiger partial charge is 0.241 e. The molecule has 19 heavy (non-hydrogen) atoms. The van der Waals surface area contributed by atoms with Crippen molar-refractivity contribution in [3.63, 3.8) is 0 Å². The van der Waals surface area contributed by atoms with Crippen molar-refractivity contribution in [2.24, 2.45) is 7.05 Å². The van der Waals surface area contributed by atoms with Gasteiger partial charge in [-0.05, 0) is 18.1 Å². The lowest BCUT2D eigenvalue weighted by Crippen LogP contribution is -1.97. The van der Waals surface area contributed by atoms with E-state index in [1.54, 1.807) is 29.9 Å². The second-order valence-corrected chi connectivity index (χ2v) is 5.37. The Bertz CT molecular complexity index is 608. The van der Waals surface area contributed by atoms with Crippen LogP contribution in [0.25, 0.3) is 0 Å². The Kier molecular flexibility index (Phi) is 3.92. The Morgan fingerprint density at radius 1 is 1.26 bits per heavy atom. The molecule has 1 heterocycles. The predicted octanol–water partition coefficient (Wildman–Crippen LogP) is 4.22. The molecule has 1 aromatic heterocycles. The highest BCUT2D eigenvalue weighted by atomic mass is 35.5. The minimum Gasteiger partial charge on any atom is -0.437 e. The van der Waals surface area contributed by atoms with Gasteiger partial charge in [0.25, 0.3) is 0 Å². The number of nitrogens with two attached hydrogens (primary N) is 1. The number of benzene rings is 1. The normalized spacial score (nSPS) is 11.1. The molecule has 0 saturated heterocycles. The van der Waals surface area contributed by atoms with E-state index < -0.39 is 0 Å². The van der Waals surface area contributed by atoms with Crippen LogP contribution in [0.5, 0.6) is 11.6 Å². The Balaban J connectivity index is 2.35. The Labute approximate surface area is 122 Å². The number of rotatable bonds is 3. The molecule has 0 unspecified atom stereocenters. The van der Waals surface area contributed by atoms with E-state index in [2.05, 4.69) is 5.10 Å². The highest BCUT2D eigenvalue weighted by Gasteiger charge is 2.17. The fourth-order valence-electron chi connectivity index (χ4n) is 1.74. The first-order valence-electron chi connectivity index (χ1n) is 5.85. The fourth-order valence-corrected chi connectivity index (χ4v) is 2.03. The van der Waals surface area contributed by atoms with Crippen molar-refractivity contribution in [1.82, 2.24) is 9.78 Å². The summed E-state index contributed by atoms with van der Waals surface area (Å²) in [6, 6.07) is 5.05. The van der Waals surface area contributed by atoms with Crippen molar-refractivity contribution in [2.45, 2.75) is 19.8 Å². The molecule has 0 saturated carbocycles. The molecular formula is C13H15Cl2N3O. The minimum atomic E-state index is 0.234. The molecule has 0 fully saturated rings. The van der Waals surface area contributed by atoms with Gasteiger partial charge in [0.1, 0.15) is 11.4 Å². The SMILES string of the molecule is CC(C)c1nn(C)c(Oc2ccc(Cl)c(Cl)c2)c1N. The lowest BCUT2D eigenvalue weighted by atomic mass is 10.1. The van der Waals surface area contributed by atoms with Crippen LogP contribution in [0.4, 0.5) is 5.69 Å². The Morgan fingerprint density at radius 2 is 1.95 bits per heavy atom. The number of ether oxygens (including phenoxy) is 1. The molecule has 2 aromatic rings. The van der Waals surface area contributed by atoms with Crippen LogP contribution in [-0.2, 0) is 7.05 Å². The molecule has 0 aliphatic rings. The van der Waals surface area contributed by atoms with Gasteiger partial charge >= 0.3 is 0 Å². The highest BCUT2D eigenvalue weighted by Crippen LogP contribution is 2.35. The first-order chi connectivity index (χ1) is 8.90. The molecular weight excluding hydrogens is 285 g/mol. The monoisotopic (exact) mass is 299 g/mol. The maximum Gasteiger partial charge on any atom is 0.241 e. The molecule has 0 aliphatic heterocycles. The molecule has 4 nitrogen and oxygen atoms in total. The van der Waals surface area contributed by atoms with Crippen LogP contribution >= 0.6 is 23.2 Å². The van der Waals surface area contributed by atoms with Crippen molar-refractivity contribution in [3.8, 4) is 11.6 Å². The quantitative estimate of drug-likeness (QED) is 0.923. The molecule has 102 valence electrons. The van der Waals surface area contributed by atoms with Crippen LogP contribution in [0.2, 0.25) is 10.0 Å². The topological polar surface area (TPSA) is 53.1 Å². The van der Waals surface area contributed by atoms with Gasteiger partial charge in [0, 0.05) is 13.1 Å². The summed E-state index contributed by atoms with van der Waals surface area (Å²) in [6.45, 7) is 4.06. The first-order valence-corrected chi connectivity index (χ1v) is 6.61. The summed E-state index contributed by atoms with van der Waals surface area (Å²) >= 11 is 11.8. The largest absolute Gasteiger partial charge is 0.437 e. The fraction of sp³-hybridized carbons (Fsp3) is 0.308. The summed E-state index contributed by atoms with van der Waals surface area (Å²) < 4.78 is 7.36. The van der Waals surface area contributed by atoms with E-state index >= 15 is 0 Å². The van der Waals surface area contributed by atoms with Gasteiger partial charge in [-0.15, -0.1) is 0 Å². The van der Waals surface area contributed by atoms with Crippen LogP contribution in [-0.4, -0.2) is 9.78 Å². The highest BCUT2D eigenvalue weighted by molar-refractivity contribution is 6.42. The number of aromatic nitrogens is 2. The summed E-state index contributed by atoms with van der Waals surface area (Å²) in [6.07, 6.45) is 0. The van der Waals surface area contributed by atoms with Gasteiger partial charge in [-0.2, -0.15) is 5.10 Å². The van der Waals surface area contributed by atoms with Gasteiger partial charge in [-0.3, -0.25) is 0 Å². The molecule has 0 amide bonds. The van der Waals surface area contributed by atoms with Gasteiger partial charge in [0.05, 0.1) is 15.7 Å². The van der Waals surface area contributed by atoms with E-state index in [4.69, 9.17) is 33.7 Å². The summed E-state index contributed by atoms with van der Waals surface area (Å²) in [5.74, 6) is 1.30. The maximum atomic E-state index is 6.05. The van der Waals surface area contributed by atoms with Crippen molar-refractivity contribution < 1.29 is 4.74 Å². The Morgan fingerprint density at radius 3 is 2.47 bits per heavy atom. The predicted molar refractivity (Wildman–Crippen MR) is 78.2 cm³/mol. The maximum absolute atomic E-state index is 6.05. The third-order valence-electron chi connectivity index (χ3n) is 2.71. The van der Waals surface area contributed by atoms with Crippen molar-refractivity contribution in [3.05, 3.63) is 33.9 Å². The second kappa shape index (κ2) is 5.31. The lowest BCUT2D eigenvalue weighted by Gasteiger charge is -2.07. The van der Waals surface area contributed by atoms with Gasteiger partial charge in [0.15, 0.2) is 0 Å². The van der Waals surface area contributed by atoms with Crippen LogP contribution in [0.1, 0.15) is 25.5 Å². The number of hydrogen-bond acceptors (Lipinski definition) is 3. The van der Waals surface area contributed by atoms with Crippen LogP contribution in [0.3, 0.4) is 0 Å². The summed E-state index contributed by atoms with van der Waals surface area (Å²) in [7, 11) is 1.79. The second-order valence-electron chi connectivity index (χ2n) is 4.56. The zero-order chi connectivity index (χ0) is 14.2. The van der Waals surface area contributed by atoms with Crippen molar-refractivity contribution >= 4 is 28.9 Å². The summed E-state index contributed by atoms with van der Waals surface area (Å²) in [4.78, 5) is 0. The summed E-state index contributed by atoms with van der Waals surface area (Å²) in [5, 5.41) is 5.27. The number of hydrogen-bond donors (Lipinski definition) is 1. The van der Waals surface area contributed by atoms with E-state index in [1.165, 1.54) is 0 Å². The van der Waals surface area contributed by atoms with Crippen LogP contribution < -0.4 is 10.5 Å². The van der Waals surface area contributed by atoms with Gasteiger partial charge in [-0.25, -0.2) is 4.68 Å². The molecule has 0 spiro atoms. The van der Waals surface area contributed by atoms with Gasteiger partial charge in [-0.1, -0.05) is 37.0 Å². The van der Waals surface area contributed by atoms with E-state index in [9.17, 15) is 0 Å². The molecule has 1 aromatic carbocycles. The molecule has 0 bridgehead atoms. The molecule has 6 heteroatoms. The van der Waals surface area contributed by atoms with Crippen LogP contribution in [0.15, 0.2) is 18.2 Å². The average Bonchev–Trinajstić information content (AvgIpc) is 2.62. The van der Waals surface area contributed by atoms with Crippen molar-refractivity contribution in [1.29, 1.82) is 0 Å². The average molecular weight is 300 g/mol. The van der Waals surface area contributed by atoms with Crippen LogP contribution in [0, 0.1) is 0 Å². The minimum absolute atomic E-state index is 0.234. The third-order valence-corrected chi connectivity index (χ3v) is 3.45. The molecule has 0 atom stereocenters. The van der Waals surface area contributed by atoms with E-state index in [0.29, 0.717) is 27.4 Å². The van der Waals surface area contributed by atoms with Gasteiger partial charge < -0.3 is 10.5 Å². The first kappa shape index (κ1) is 14.0. The standard InChI is InChI=1S/C13H15Cl2N3O/c1-7(2)12-11(16)13(18(3)17-12)19-8-4-5-9(14)10(15)6-8/h4-7H,16H2,1-3H3. The molecule has 2 rings (SSSR count). The number of anilines is 1. The third kappa shape index (κ3) is 2.80. The van der Waals surface area contributed by atoms with Crippen molar-refractivity contribution in [2.75, 3.05) is 5.73 Å². The number of aryl methyl sites for hydroxylation is 1. The number of nitrogen functional groups attached to an aromatic ring is 1. The Hall–Kier alpha value is -1.39.